The number of nitrogen functional groups attached to an aromatic ring is 1. The summed E-state index contributed by atoms with van der Waals surface area (Å²) in [5.41, 5.74) is 5.52. The normalized spacial score (nSPS) is 10.2. The monoisotopic (exact) mass is 308 g/mol. The second-order valence-electron chi connectivity index (χ2n) is 4.19. The van der Waals surface area contributed by atoms with Crippen molar-refractivity contribution >= 4 is 34.9 Å². The van der Waals surface area contributed by atoms with Crippen LogP contribution in [0.4, 0.5) is 15.8 Å². The maximum absolute atomic E-state index is 13.6. The van der Waals surface area contributed by atoms with Gasteiger partial charge in [-0.1, -0.05) is 11.6 Å². The molecule has 0 atom stereocenters. The molecule has 2 aromatic carbocycles. The minimum absolute atomic E-state index is 0.111. The average molecular weight is 309 g/mol. The summed E-state index contributed by atoms with van der Waals surface area (Å²) in [5, 5.41) is 11.5. The predicted octanol–water partition coefficient (Wildman–Crippen LogP) is 3.01. The second-order valence-corrected chi connectivity index (χ2v) is 4.62. The van der Waals surface area contributed by atoms with Crippen LogP contribution in [0.5, 0.6) is 0 Å². The van der Waals surface area contributed by atoms with E-state index >= 15 is 0 Å². The third kappa shape index (κ3) is 3.29. The zero-order chi connectivity index (χ0) is 15.6. The zero-order valence-electron chi connectivity index (χ0n) is 10.6. The van der Waals surface area contributed by atoms with Gasteiger partial charge < -0.3 is 16.2 Å². The Hall–Kier alpha value is -2.60. The number of benzene rings is 2. The topological polar surface area (TPSA) is 92.4 Å². The molecule has 4 N–H and O–H groups in total. The number of anilines is 2. The molecule has 0 saturated carbocycles. The predicted molar refractivity (Wildman–Crippen MR) is 77.2 cm³/mol. The van der Waals surface area contributed by atoms with Gasteiger partial charge in [0.1, 0.15) is 5.82 Å². The van der Waals surface area contributed by atoms with Crippen molar-refractivity contribution in [2.45, 2.75) is 0 Å². The lowest BCUT2D eigenvalue weighted by Crippen LogP contribution is -2.15. The summed E-state index contributed by atoms with van der Waals surface area (Å²) in [6, 6.07) is 7.35. The number of carbonyl (C=O) groups excluding carboxylic acids is 1. The molecule has 0 bridgehead atoms. The summed E-state index contributed by atoms with van der Waals surface area (Å²) in [4.78, 5) is 22.9. The van der Waals surface area contributed by atoms with E-state index in [0.29, 0.717) is 5.02 Å². The van der Waals surface area contributed by atoms with Crippen molar-refractivity contribution < 1.29 is 19.1 Å². The van der Waals surface area contributed by atoms with Crippen LogP contribution in [-0.2, 0) is 0 Å². The molecule has 0 aromatic heterocycles. The van der Waals surface area contributed by atoms with Crippen molar-refractivity contribution in [3.8, 4) is 0 Å². The zero-order valence-corrected chi connectivity index (χ0v) is 11.3. The first-order chi connectivity index (χ1) is 9.88. The van der Waals surface area contributed by atoms with Crippen LogP contribution in [0.15, 0.2) is 36.4 Å². The van der Waals surface area contributed by atoms with Gasteiger partial charge in [-0.2, -0.15) is 0 Å². The molecule has 0 saturated heterocycles. The Morgan fingerprint density at radius 3 is 2.52 bits per heavy atom. The Kier molecular flexibility index (Phi) is 4.09. The van der Waals surface area contributed by atoms with Gasteiger partial charge in [-0.15, -0.1) is 0 Å². The fraction of sp³-hybridized carbons (Fsp3) is 0. The molecular weight excluding hydrogens is 299 g/mol. The second kappa shape index (κ2) is 5.80. The minimum Gasteiger partial charge on any atom is -0.478 e. The van der Waals surface area contributed by atoms with E-state index in [1.54, 1.807) is 0 Å². The Morgan fingerprint density at radius 1 is 1.19 bits per heavy atom. The Labute approximate surface area is 124 Å². The standard InChI is InChI=1S/C14H10ClFN2O3/c15-8-2-3-9(11(17)6-8)13(19)18-12-5-7(14(20)21)1-4-10(12)16/h1-6H,17H2,(H,18,19)(H,20,21). The number of nitrogens with two attached hydrogens (primary N) is 1. The Balaban J connectivity index is 2.31. The van der Waals surface area contributed by atoms with Gasteiger partial charge >= 0.3 is 5.97 Å². The minimum atomic E-state index is -1.23. The Bertz CT molecular complexity index is 734. The molecule has 0 radical (unpaired) electrons. The first-order valence-corrected chi connectivity index (χ1v) is 6.15. The van der Waals surface area contributed by atoms with Gasteiger partial charge in [-0.25, -0.2) is 9.18 Å². The number of amides is 1. The summed E-state index contributed by atoms with van der Waals surface area (Å²) >= 11 is 5.73. The van der Waals surface area contributed by atoms with Gasteiger partial charge in [-0.3, -0.25) is 4.79 Å². The molecular formula is C14H10ClFN2O3. The molecule has 108 valence electrons. The molecule has 0 spiro atoms. The van der Waals surface area contributed by atoms with Gasteiger partial charge in [0.15, 0.2) is 0 Å². The van der Waals surface area contributed by atoms with Crippen LogP contribution < -0.4 is 11.1 Å². The molecule has 0 heterocycles. The first-order valence-electron chi connectivity index (χ1n) is 5.77. The highest BCUT2D eigenvalue weighted by molar-refractivity contribution is 6.31. The smallest absolute Gasteiger partial charge is 0.335 e. The highest BCUT2D eigenvalue weighted by atomic mass is 35.5. The molecule has 0 unspecified atom stereocenters. The molecule has 2 rings (SSSR count). The van der Waals surface area contributed by atoms with Gasteiger partial charge in [-0.05, 0) is 36.4 Å². The van der Waals surface area contributed by atoms with Gasteiger partial charge in [0.2, 0.25) is 0 Å². The summed E-state index contributed by atoms with van der Waals surface area (Å²) < 4.78 is 13.6. The average Bonchev–Trinajstić information content (AvgIpc) is 2.40. The lowest BCUT2D eigenvalue weighted by molar-refractivity contribution is 0.0696. The number of halogens is 2. The van der Waals surface area contributed by atoms with E-state index in [4.69, 9.17) is 22.4 Å². The maximum atomic E-state index is 13.6. The van der Waals surface area contributed by atoms with Crippen molar-refractivity contribution in [2.24, 2.45) is 0 Å². The van der Waals surface area contributed by atoms with E-state index in [0.717, 1.165) is 18.2 Å². The summed E-state index contributed by atoms with van der Waals surface area (Å²) in [6.45, 7) is 0. The van der Waals surface area contributed by atoms with E-state index in [1.807, 2.05) is 0 Å². The fourth-order valence-corrected chi connectivity index (χ4v) is 1.86. The molecule has 21 heavy (non-hydrogen) atoms. The number of carbonyl (C=O) groups is 2. The number of hydrogen-bond acceptors (Lipinski definition) is 3. The molecule has 0 aliphatic carbocycles. The molecule has 5 nitrogen and oxygen atoms in total. The molecule has 7 heteroatoms. The van der Waals surface area contributed by atoms with E-state index in [1.165, 1.54) is 18.2 Å². The van der Waals surface area contributed by atoms with E-state index in [2.05, 4.69) is 5.32 Å². The number of aromatic carboxylic acids is 1. The largest absolute Gasteiger partial charge is 0.478 e. The SMILES string of the molecule is Nc1cc(Cl)ccc1C(=O)Nc1cc(C(=O)O)ccc1F. The van der Waals surface area contributed by atoms with Gasteiger partial charge in [0.05, 0.1) is 16.8 Å². The van der Waals surface area contributed by atoms with Crippen molar-refractivity contribution in [3.63, 3.8) is 0 Å². The van der Waals surface area contributed by atoms with Crippen LogP contribution in [-0.4, -0.2) is 17.0 Å². The maximum Gasteiger partial charge on any atom is 0.335 e. The highest BCUT2D eigenvalue weighted by Gasteiger charge is 2.14. The molecule has 0 aliphatic heterocycles. The molecule has 2 aromatic rings. The number of carboxylic acids is 1. The third-order valence-corrected chi connectivity index (χ3v) is 2.95. The highest BCUT2D eigenvalue weighted by Crippen LogP contribution is 2.21. The quantitative estimate of drug-likeness (QED) is 0.760. The summed E-state index contributed by atoms with van der Waals surface area (Å²) in [7, 11) is 0. The number of hydrogen-bond donors (Lipinski definition) is 3. The lowest BCUT2D eigenvalue weighted by atomic mass is 10.1. The van der Waals surface area contributed by atoms with E-state index in [9.17, 15) is 14.0 Å². The third-order valence-electron chi connectivity index (χ3n) is 2.72. The summed E-state index contributed by atoms with van der Waals surface area (Å²) in [5.74, 6) is -2.64. The number of nitrogens with one attached hydrogen (secondary N) is 1. The van der Waals surface area contributed by atoms with Crippen LogP contribution in [0.3, 0.4) is 0 Å². The van der Waals surface area contributed by atoms with E-state index in [-0.39, 0.29) is 22.5 Å². The molecule has 0 fully saturated rings. The van der Waals surface area contributed by atoms with Crippen LogP contribution in [0.25, 0.3) is 0 Å². The molecule has 0 aliphatic rings. The van der Waals surface area contributed by atoms with Crippen LogP contribution in [0.1, 0.15) is 20.7 Å². The molecule has 1 amide bonds. The lowest BCUT2D eigenvalue weighted by Gasteiger charge is -2.09. The number of carboxylic acid groups (broad SMARTS) is 1. The van der Waals surface area contributed by atoms with Crippen LogP contribution in [0, 0.1) is 5.82 Å². The van der Waals surface area contributed by atoms with Crippen LogP contribution >= 0.6 is 11.6 Å². The van der Waals surface area contributed by atoms with Gasteiger partial charge in [0.25, 0.3) is 5.91 Å². The first kappa shape index (κ1) is 14.8. The van der Waals surface area contributed by atoms with Gasteiger partial charge in [0, 0.05) is 10.7 Å². The van der Waals surface area contributed by atoms with Crippen molar-refractivity contribution in [3.05, 3.63) is 58.4 Å². The van der Waals surface area contributed by atoms with Crippen molar-refractivity contribution in [2.75, 3.05) is 11.1 Å². The number of rotatable bonds is 3. The summed E-state index contributed by atoms with van der Waals surface area (Å²) in [6.07, 6.45) is 0. The fourth-order valence-electron chi connectivity index (χ4n) is 1.68. The van der Waals surface area contributed by atoms with E-state index < -0.39 is 17.7 Å². The van der Waals surface area contributed by atoms with Crippen LogP contribution in [0.2, 0.25) is 5.02 Å². The van der Waals surface area contributed by atoms with Crippen molar-refractivity contribution in [1.82, 2.24) is 0 Å². The Morgan fingerprint density at radius 2 is 1.90 bits per heavy atom. The van der Waals surface area contributed by atoms with Crippen molar-refractivity contribution in [1.29, 1.82) is 0 Å².